The van der Waals surface area contributed by atoms with Crippen LogP contribution in [0.1, 0.15) is 5.56 Å². The summed E-state index contributed by atoms with van der Waals surface area (Å²) in [5.74, 6) is 0. The Morgan fingerprint density at radius 2 is 2.21 bits per heavy atom. The van der Waals surface area contributed by atoms with Crippen molar-refractivity contribution in [3.05, 3.63) is 41.4 Å². The summed E-state index contributed by atoms with van der Waals surface area (Å²) in [5, 5.41) is 10.8. The predicted octanol–water partition coefficient (Wildman–Crippen LogP) is 3.17. The molecule has 0 aliphatic heterocycles. The molecule has 0 amide bonds. The molecule has 1 aromatic heterocycles. The highest BCUT2D eigenvalue weighted by atomic mass is 32.2. The van der Waals surface area contributed by atoms with Gasteiger partial charge >= 0.3 is 0 Å². The predicted molar refractivity (Wildman–Crippen MR) is 57.4 cm³/mol. The zero-order valence-corrected chi connectivity index (χ0v) is 8.81. The van der Waals surface area contributed by atoms with Crippen LogP contribution in [0.4, 0.5) is 0 Å². The van der Waals surface area contributed by atoms with E-state index >= 15 is 0 Å². The second-order valence-corrected chi connectivity index (χ2v) is 4.69. The smallest absolute Gasteiger partial charge is 0.154 e. The Morgan fingerprint density at radius 3 is 2.93 bits per heavy atom. The normalized spacial score (nSPS) is 9.64. The molecule has 0 atom stereocenters. The SMILES string of the molecule is N#Cc1ccccc1Sc1nccs1. The monoisotopic (exact) mass is 218 g/mol. The van der Waals surface area contributed by atoms with E-state index in [2.05, 4.69) is 11.1 Å². The fourth-order valence-corrected chi connectivity index (χ4v) is 2.66. The standard InChI is InChI=1S/C10H6N2S2/c11-7-8-3-1-2-4-9(8)14-10-12-5-6-13-10/h1-6H. The summed E-state index contributed by atoms with van der Waals surface area (Å²) in [6.07, 6.45) is 1.77. The van der Waals surface area contributed by atoms with E-state index in [1.54, 1.807) is 17.5 Å². The maximum absolute atomic E-state index is 8.87. The van der Waals surface area contributed by atoms with E-state index in [1.165, 1.54) is 11.8 Å². The lowest BCUT2D eigenvalue weighted by Gasteiger charge is -1.98. The lowest BCUT2D eigenvalue weighted by molar-refractivity contribution is 1.24. The van der Waals surface area contributed by atoms with Gasteiger partial charge in [0.05, 0.1) is 5.56 Å². The van der Waals surface area contributed by atoms with Crippen LogP contribution in [0.3, 0.4) is 0 Å². The molecule has 4 heteroatoms. The summed E-state index contributed by atoms with van der Waals surface area (Å²) in [5.41, 5.74) is 0.702. The zero-order valence-electron chi connectivity index (χ0n) is 7.18. The van der Waals surface area contributed by atoms with Crippen molar-refractivity contribution in [2.45, 2.75) is 9.24 Å². The Bertz CT molecular complexity index is 457. The average molecular weight is 218 g/mol. The number of rotatable bonds is 2. The molecule has 2 aromatic rings. The zero-order chi connectivity index (χ0) is 9.80. The highest BCUT2D eigenvalue weighted by Gasteiger charge is 2.04. The van der Waals surface area contributed by atoms with E-state index in [0.29, 0.717) is 5.56 Å². The molecule has 0 aliphatic rings. The molecule has 0 saturated heterocycles. The van der Waals surface area contributed by atoms with E-state index in [0.717, 1.165) is 9.24 Å². The molecular formula is C10H6N2S2. The van der Waals surface area contributed by atoms with Crippen molar-refractivity contribution in [1.29, 1.82) is 5.26 Å². The fraction of sp³-hybridized carbons (Fsp3) is 0. The number of thiazole rings is 1. The van der Waals surface area contributed by atoms with Crippen LogP contribution in [0.25, 0.3) is 0 Å². The van der Waals surface area contributed by atoms with Crippen LogP contribution in [-0.2, 0) is 0 Å². The highest BCUT2D eigenvalue weighted by Crippen LogP contribution is 2.31. The van der Waals surface area contributed by atoms with Gasteiger partial charge in [-0.05, 0) is 12.1 Å². The van der Waals surface area contributed by atoms with Gasteiger partial charge in [0.1, 0.15) is 6.07 Å². The van der Waals surface area contributed by atoms with Crippen molar-refractivity contribution in [1.82, 2.24) is 4.98 Å². The minimum Gasteiger partial charge on any atom is -0.238 e. The van der Waals surface area contributed by atoms with Gasteiger partial charge in [0.15, 0.2) is 4.34 Å². The minimum atomic E-state index is 0.702. The van der Waals surface area contributed by atoms with Gasteiger partial charge in [0, 0.05) is 16.5 Å². The fourth-order valence-electron chi connectivity index (χ4n) is 1.00. The molecule has 0 unspecified atom stereocenters. The number of benzene rings is 1. The van der Waals surface area contributed by atoms with E-state index in [1.807, 2.05) is 29.6 Å². The van der Waals surface area contributed by atoms with Crippen molar-refractivity contribution in [3.8, 4) is 6.07 Å². The van der Waals surface area contributed by atoms with E-state index < -0.39 is 0 Å². The summed E-state index contributed by atoms with van der Waals surface area (Å²) in [6, 6.07) is 9.71. The van der Waals surface area contributed by atoms with Crippen LogP contribution in [-0.4, -0.2) is 4.98 Å². The first-order valence-corrected chi connectivity index (χ1v) is 5.66. The first-order chi connectivity index (χ1) is 6.90. The molecule has 2 rings (SSSR count). The van der Waals surface area contributed by atoms with E-state index in [-0.39, 0.29) is 0 Å². The lowest BCUT2D eigenvalue weighted by Crippen LogP contribution is -1.78. The molecule has 14 heavy (non-hydrogen) atoms. The van der Waals surface area contributed by atoms with Crippen molar-refractivity contribution >= 4 is 23.1 Å². The third-order valence-corrected chi connectivity index (χ3v) is 3.57. The molecule has 0 radical (unpaired) electrons. The first kappa shape index (κ1) is 9.25. The molecule has 1 aromatic carbocycles. The van der Waals surface area contributed by atoms with E-state index in [9.17, 15) is 0 Å². The Hall–Kier alpha value is -1.31. The van der Waals surface area contributed by atoms with Gasteiger partial charge in [0.2, 0.25) is 0 Å². The van der Waals surface area contributed by atoms with Crippen LogP contribution >= 0.6 is 23.1 Å². The Morgan fingerprint density at radius 1 is 1.36 bits per heavy atom. The van der Waals surface area contributed by atoms with Gasteiger partial charge in [-0.2, -0.15) is 5.26 Å². The van der Waals surface area contributed by atoms with Gasteiger partial charge < -0.3 is 0 Å². The summed E-state index contributed by atoms with van der Waals surface area (Å²) in [6.45, 7) is 0. The average Bonchev–Trinajstić information content (AvgIpc) is 2.71. The van der Waals surface area contributed by atoms with Crippen LogP contribution in [0.5, 0.6) is 0 Å². The molecule has 0 saturated carbocycles. The molecule has 0 N–H and O–H groups in total. The third-order valence-electron chi connectivity index (χ3n) is 1.61. The summed E-state index contributed by atoms with van der Waals surface area (Å²) < 4.78 is 0.965. The van der Waals surface area contributed by atoms with Gasteiger partial charge in [-0.25, -0.2) is 4.98 Å². The molecule has 1 heterocycles. The second kappa shape index (κ2) is 4.27. The van der Waals surface area contributed by atoms with Crippen LogP contribution in [0, 0.1) is 11.3 Å². The molecule has 0 fully saturated rings. The molecule has 0 aliphatic carbocycles. The molecule has 0 bridgehead atoms. The second-order valence-electron chi connectivity index (χ2n) is 2.51. The topological polar surface area (TPSA) is 36.7 Å². The van der Waals surface area contributed by atoms with Gasteiger partial charge in [-0.15, -0.1) is 11.3 Å². The van der Waals surface area contributed by atoms with Gasteiger partial charge in [0.25, 0.3) is 0 Å². The molecule has 0 spiro atoms. The summed E-state index contributed by atoms with van der Waals surface area (Å²) in [4.78, 5) is 5.12. The summed E-state index contributed by atoms with van der Waals surface area (Å²) in [7, 11) is 0. The quantitative estimate of drug-likeness (QED) is 0.776. The first-order valence-electron chi connectivity index (χ1n) is 3.96. The Kier molecular flexibility index (Phi) is 2.82. The number of nitrogens with zero attached hydrogens (tertiary/aromatic N) is 2. The lowest BCUT2D eigenvalue weighted by atomic mass is 10.2. The summed E-state index contributed by atoms with van der Waals surface area (Å²) >= 11 is 3.11. The number of nitriles is 1. The highest BCUT2D eigenvalue weighted by molar-refractivity contribution is 8.01. The van der Waals surface area contributed by atoms with Gasteiger partial charge in [-0.3, -0.25) is 0 Å². The number of aromatic nitrogens is 1. The number of hydrogen-bond donors (Lipinski definition) is 0. The maximum atomic E-state index is 8.87. The molecule has 2 nitrogen and oxygen atoms in total. The largest absolute Gasteiger partial charge is 0.238 e. The Balaban J connectivity index is 2.30. The van der Waals surface area contributed by atoms with Crippen molar-refractivity contribution < 1.29 is 0 Å². The Labute approximate surface area is 90.2 Å². The van der Waals surface area contributed by atoms with Crippen molar-refractivity contribution in [3.63, 3.8) is 0 Å². The van der Waals surface area contributed by atoms with E-state index in [4.69, 9.17) is 5.26 Å². The van der Waals surface area contributed by atoms with Crippen molar-refractivity contribution in [2.24, 2.45) is 0 Å². The number of hydrogen-bond acceptors (Lipinski definition) is 4. The van der Waals surface area contributed by atoms with Crippen LogP contribution < -0.4 is 0 Å². The molecular weight excluding hydrogens is 212 g/mol. The van der Waals surface area contributed by atoms with Gasteiger partial charge in [-0.1, -0.05) is 23.9 Å². The maximum Gasteiger partial charge on any atom is 0.154 e. The van der Waals surface area contributed by atoms with Crippen molar-refractivity contribution in [2.75, 3.05) is 0 Å². The van der Waals surface area contributed by atoms with Crippen LogP contribution in [0.15, 0.2) is 45.1 Å². The molecule has 68 valence electrons. The van der Waals surface area contributed by atoms with Crippen LogP contribution in [0.2, 0.25) is 0 Å². The minimum absolute atomic E-state index is 0.702. The third kappa shape index (κ3) is 1.95.